The van der Waals surface area contributed by atoms with Crippen LogP contribution in [-0.4, -0.2) is 6.04 Å². The summed E-state index contributed by atoms with van der Waals surface area (Å²) in [6.45, 7) is 0. The molecule has 2 aromatic rings. The topological polar surface area (TPSA) is 12.0 Å². The highest BCUT2D eigenvalue weighted by atomic mass is 79.9. The highest BCUT2D eigenvalue weighted by Gasteiger charge is 2.22. The zero-order valence-corrected chi connectivity index (χ0v) is 12.4. The molecule has 4 heteroatoms. The lowest BCUT2D eigenvalue weighted by Gasteiger charge is -2.15. The van der Waals surface area contributed by atoms with E-state index in [0.717, 1.165) is 22.3 Å². The number of fused-ring (bicyclic) bond motifs is 1. The summed E-state index contributed by atoms with van der Waals surface area (Å²) >= 11 is 9.37. The summed E-state index contributed by atoms with van der Waals surface area (Å²) in [5.74, 6) is -0.233. The lowest BCUT2D eigenvalue weighted by molar-refractivity contribution is 0.624. The van der Waals surface area contributed by atoms with Gasteiger partial charge in [0.15, 0.2) is 0 Å². The maximum absolute atomic E-state index is 13.8. The van der Waals surface area contributed by atoms with Crippen LogP contribution in [0.5, 0.6) is 0 Å². The van der Waals surface area contributed by atoms with Crippen LogP contribution in [0, 0.1) is 5.82 Å². The lowest BCUT2D eigenvalue weighted by atomic mass is 10.1. The second kappa shape index (κ2) is 5.14. The number of halogens is 3. The summed E-state index contributed by atoms with van der Waals surface area (Å²) < 4.78 is 14.5. The van der Waals surface area contributed by atoms with E-state index in [2.05, 4.69) is 27.3 Å². The maximum Gasteiger partial charge on any atom is 0.147 e. The molecule has 0 heterocycles. The minimum atomic E-state index is -0.233. The molecule has 0 aliphatic heterocycles. The highest BCUT2D eigenvalue weighted by Crippen LogP contribution is 2.31. The average Bonchev–Trinajstić information content (AvgIpc) is 2.75. The third-order valence-electron chi connectivity index (χ3n) is 3.41. The Morgan fingerprint density at radius 1 is 1.16 bits per heavy atom. The number of anilines is 1. The van der Waals surface area contributed by atoms with Crippen LogP contribution in [0.15, 0.2) is 40.9 Å². The molecule has 1 aliphatic carbocycles. The van der Waals surface area contributed by atoms with E-state index < -0.39 is 0 Å². The Kier molecular flexibility index (Phi) is 3.50. The quantitative estimate of drug-likeness (QED) is 0.826. The van der Waals surface area contributed by atoms with Crippen LogP contribution in [0.25, 0.3) is 0 Å². The highest BCUT2D eigenvalue weighted by molar-refractivity contribution is 9.10. The third-order valence-corrected chi connectivity index (χ3v) is 4.31. The van der Waals surface area contributed by atoms with Gasteiger partial charge in [0.1, 0.15) is 5.82 Å². The van der Waals surface area contributed by atoms with Gasteiger partial charge in [-0.25, -0.2) is 4.39 Å². The minimum absolute atomic E-state index is 0.210. The fraction of sp³-hybridized carbons (Fsp3) is 0.200. The molecule has 0 bridgehead atoms. The van der Waals surface area contributed by atoms with Gasteiger partial charge < -0.3 is 5.32 Å². The molecule has 98 valence electrons. The normalized spacial score (nSPS) is 17.3. The Morgan fingerprint density at radius 2 is 1.95 bits per heavy atom. The second-order valence-corrected chi connectivity index (χ2v) is 6.05. The predicted octanol–water partition coefficient (Wildman–Crippen LogP) is 4.82. The average molecular weight is 341 g/mol. The zero-order chi connectivity index (χ0) is 13.4. The van der Waals surface area contributed by atoms with Gasteiger partial charge in [0.2, 0.25) is 0 Å². The van der Waals surface area contributed by atoms with Crippen molar-refractivity contribution >= 4 is 33.2 Å². The third kappa shape index (κ3) is 2.63. The van der Waals surface area contributed by atoms with Gasteiger partial charge in [0.05, 0.1) is 5.69 Å². The number of rotatable bonds is 2. The molecule has 0 amide bonds. The van der Waals surface area contributed by atoms with Crippen LogP contribution in [0.3, 0.4) is 0 Å². The number of hydrogen-bond acceptors (Lipinski definition) is 1. The fourth-order valence-electron chi connectivity index (χ4n) is 2.53. The van der Waals surface area contributed by atoms with E-state index >= 15 is 0 Å². The largest absolute Gasteiger partial charge is 0.378 e. The van der Waals surface area contributed by atoms with Gasteiger partial charge in [-0.2, -0.15) is 0 Å². The van der Waals surface area contributed by atoms with E-state index in [9.17, 15) is 4.39 Å². The van der Waals surface area contributed by atoms with E-state index in [-0.39, 0.29) is 11.9 Å². The molecular weight excluding hydrogens is 329 g/mol. The summed E-state index contributed by atoms with van der Waals surface area (Å²) in [6.07, 6.45) is 1.77. The van der Waals surface area contributed by atoms with Crippen molar-refractivity contribution < 1.29 is 4.39 Å². The van der Waals surface area contributed by atoms with Crippen molar-refractivity contribution in [1.29, 1.82) is 0 Å². The van der Waals surface area contributed by atoms with Crippen molar-refractivity contribution in [2.45, 2.75) is 18.9 Å². The molecule has 1 aliphatic rings. The fourth-order valence-corrected chi connectivity index (χ4v) is 3.18. The van der Waals surface area contributed by atoms with Gasteiger partial charge in [0, 0.05) is 15.5 Å². The Hall–Kier alpha value is -1.06. The van der Waals surface area contributed by atoms with Crippen LogP contribution < -0.4 is 5.32 Å². The Balaban J connectivity index is 1.81. The van der Waals surface area contributed by atoms with E-state index in [1.807, 2.05) is 18.2 Å². The monoisotopic (exact) mass is 339 g/mol. The smallest absolute Gasteiger partial charge is 0.147 e. The van der Waals surface area contributed by atoms with E-state index in [4.69, 9.17) is 11.6 Å². The van der Waals surface area contributed by atoms with Gasteiger partial charge in [-0.1, -0.05) is 23.7 Å². The van der Waals surface area contributed by atoms with E-state index in [1.165, 1.54) is 17.2 Å². The molecule has 1 N–H and O–H groups in total. The number of hydrogen-bond donors (Lipinski definition) is 1. The van der Waals surface area contributed by atoms with Crippen molar-refractivity contribution in [2.75, 3.05) is 5.32 Å². The van der Waals surface area contributed by atoms with Crippen LogP contribution in [-0.2, 0) is 12.8 Å². The predicted molar refractivity (Wildman–Crippen MR) is 80.4 cm³/mol. The molecule has 2 aromatic carbocycles. The van der Waals surface area contributed by atoms with Crippen LogP contribution in [0.1, 0.15) is 11.1 Å². The lowest BCUT2D eigenvalue weighted by Crippen LogP contribution is -2.20. The first-order valence-corrected chi connectivity index (χ1v) is 7.28. The van der Waals surface area contributed by atoms with Gasteiger partial charge in [-0.05, 0) is 64.2 Å². The summed E-state index contributed by atoms with van der Waals surface area (Å²) in [4.78, 5) is 0. The molecule has 0 saturated carbocycles. The maximum atomic E-state index is 13.8. The van der Waals surface area contributed by atoms with Gasteiger partial charge in [-0.15, -0.1) is 0 Å². The molecular formula is C15H12BrClFN. The number of nitrogens with one attached hydrogen (secondary N) is 1. The van der Waals surface area contributed by atoms with Crippen molar-refractivity contribution in [1.82, 2.24) is 0 Å². The molecule has 0 aromatic heterocycles. The van der Waals surface area contributed by atoms with Crippen molar-refractivity contribution in [3.8, 4) is 0 Å². The van der Waals surface area contributed by atoms with E-state index in [1.54, 1.807) is 6.07 Å². The van der Waals surface area contributed by atoms with Crippen molar-refractivity contribution in [2.24, 2.45) is 0 Å². The van der Waals surface area contributed by atoms with Crippen molar-refractivity contribution in [3.05, 3.63) is 62.8 Å². The minimum Gasteiger partial charge on any atom is -0.378 e. The standard InChI is InChI=1S/C15H12BrClFN/c16-13-2-1-3-14(18)15(13)19-12-7-9-4-5-11(17)6-10(9)8-12/h1-6,12,19H,7-8H2. The van der Waals surface area contributed by atoms with Gasteiger partial charge >= 0.3 is 0 Å². The number of benzene rings is 2. The summed E-state index contributed by atoms with van der Waals surface area (Å²) in [7, 11) is 0. The van der Waals surface area contributed by atoms with E-state index in [0.29, 0.717) is 5.69 Å². The first-order valence-electron chi connectivity index (χ1n) is 6.11. The Labute approximate surface area is 124 Å². The zero-order valence-electron chi connectivity index (χ0n) is 10.1. The first kappa shape index (κ1) is 12.9. The molecule has 1 unspecified atom stereocenters. The van der Waals surface area contributed by atoms with Gasteiger partial charge in [-0.3, -0.25) is 0 Å². The molecule has 1 atom stereocenters. The summed E-state index contributed by atoms with van der Waals surface area (Å²) in [5, 5.41) is 4.03. The van der Waals surface area contributed by atoms with Crippen molar-refractivity contribution in [3.63, 3.8) is 0 Å². The molecule has 19 heavy (non-hydrogen) atoms. The summed E-state index contributed by atoms with van der Waals surface area (Å²) in [5.41, 5.74) is 3.07. The molecule has 0 radical (unpaired) electrons. The molecule has 0 saturated heterocycles. The molecule has 0 spiro atoms. The first-order chi connectivity index (χ1) is 9.13. The second-order valence-electron chi connectivity index (χ2n) is 4.76. The summed E-state index contributed by atoms with van der Waals surface area (Å²) in [6, 6.07) is 11.2. The number of para-hydroxylation sites is 1. The molecule has 1 nitrogen and oxygen atoms in total. The molecule has 0 fully saturated rings. The Morgan fingerprint density at radius 3 is 2.74 bits per heavy atom. The Bertz CT molecular complexity index is 609. The SMILES string of the molecule is Fc1cccc(Br)c1NC1Cc2ccc(Cl)cc2C1. The van der Waals surface area contributed by atoms with Crippen LogP contribution >= 0.6 is 27.5 Å². The van der Waals surface area contributed by atoms with Crippen LogP contribution in [0.2, 0.25) is 5.02 Å². The van der Waals surface area contributed by atoms with Crippen LogP contribution in [0.4, 0.5) is 10.1 Å². The molecule has 3 rings (SSSR count). The van der Waals surface area contributed by atoms with Gasteiger partial charge in [0.25, 0.3) is 0 Å².